The van der Waals surface area contributed by atoms with Crippen molar-refractivity contribution in [2.75, 3.05) is 6.54 Å². The molecule has 1 aliphatic rings. The third-order valence-electron chi connectivity index (χ3n) is 3.24. The highest BCUT2D eigenvalue weighted by Gasteiger charge is 2.29. The number of aromatic amines is 1. The zero-order valence-corrected chi connectivity index (χ0v) is 12.4. The molecule has 0 aliphatic heterocycles. The average Bonchev–Trinajstić information content (AvgIpc) is 3.19. The fraction of sp³-hybridized carbons (Fsp3) is 0.385. The van der Waals surface area contributed by atoms with Crippen molar-refractivity contribution in [3.63, 3.8) is 0 Å². The SMILES string of the molecule is NCCc1cccc(Cl)c1Sc1n[nH]c(=O)n1C1CC1. The van der Waals surface area contributed by atoms with Gasteiger partial charge in [0.05, 0.1) is 5.02 Å². The summed E-state index contributed by atoms with van der Waals surface area (Å²) in [6.45, 7) is 0.559. The van der Waals surface area contributed by atoms with Crippen LogP contribution < -0.4 is 11.4 Å². The van der Waals surface area contributed by atoms with Crippen LogP contribution in [-0.4, -0.2) is 21.3 Å². The highest BCUT2D eigenvalue weighted by atomic mass is 35.5. The first-order valence-corrected chi connectivity index (χ1v) is 7.72. The minimum atomic E-state index is -0.151. The van der Waals surface area contributed by atoms with Crippen LogP contribution >= 0.6 is 23.4 Å². The molecule has 1 aromatic heterocycles. The Balaban J connectivity index is 1.97. The molecule has 1 aliphatic carbocycles. The molecule has 106 valence electrons. The van der Waals surface area contributed by atoms with E-state index in [9.17, 15) is 4.79 Å². The van der Waals surface area contributed by atoms with Crippen LogP contribution in [-0.2, 0) is 6.42 Å². The van der Waals surface area contributed by atoms with Crippen molar-refractivity contribution in [1.82, 2.24) is 14.8 Å². The topological polar surface area (TPSA) is 76.7 Å². The lowest BCUT2D eigenvalue weighted by Crippen LogP contribution is -2.16. The van der Waals surface area contributed by atoms with Gasteiger partial charge in [-0.15, -0.1) is 5.10 Å². The predicted octanol–water partition coefficient (Wildman–Crippen LogP) is 2.21. The quantitative estimate of drug-likeness (QED) is 0.887. The summed E-state index contributed by atoms with van der Waals surface area (Å²) in [5.41, 5.74) is 6.57. The number of benzene rings is 1. The minimum absolute atomic E-state index is 0.151. The van der Waals surface area contributed by atoms with Crippen LogP contribution in [0.5, 0.6) is 0 Å². The van der Waals surface area contributed by atoms with E-state index in [-0.39, 0.29) is 11.7 Å². The number of hydrogen-bond acceptors (Lipinski definition) is 4. The molecular weight excluding hydrogens is 296 g/mol. The fourth-order valence-corrected chi connectivity index (χ4v) is 3.51. The number of hydrogen-bond donors (Lipinski definition) is 2. The van der Waals surface area contributed by atoms with Crippen molar-refractivity contribution >= 4 is 23.4 Å². The Bertz CT molecular complexity index is 677. The molecule has 3 N–H and O–H groups in total. The molecule has 0 saturated heterocycles. The molecule has 1 aromatic carbocycles. The van der Waals surface area contributed by atoms with E-state index in [1.807, 2.05) is 18.2 Å². The van der Waals surface area contributed by atoms with Gasteiger partial charge in [-0.1, -0.05) is 23.7 Å². The van der Waals surface area contributed by atoms with E-state index in [4.69, 9.17) is 17.3 Å². The molecule has 0 amide bonds. The summed E-state index contributed by atoms with van der Waals surface area (Å²) in [5, 5.41) is 7.97. The van der Waals surface area contributed by atoms with Crippen molar-refractivity contribution in [1.29, 1.82) is 0 Å². The minimum Gasteiger partial charge on any atom is -0.330 e. The standard InChI is InChI=1S/C13H15ClN4OS/c14-10-3-1-2-8(6-7-15)11(10)20-13-17-16-12(19)18(13)9-4-5-9/h1-3,9H,4-7,15H2,(H,16,19). The smallest absolute Gasteiger partial charge is 0.330 e. The van der Waals surface area contributed by atoms with Gasteiger partial charge in [-0.2, -0.15) is 0 Å². The van der Waals surface area contributed by atoms with E-state index in [1.54, 1.807) is 4.57 Å². The summed E-state index contributed by atoms with van der Waals surface area (Å²) in [7, 11) is 0. The van der Waals surface area contributed by atoms with Gasteiger partial charge in [-0.25, -0.2) is 9.89 Å². The summed E-state index contributed by atoms with van der Waals surface area (Å²) in [6.07, 6.45) is 2.82. The number of aromatic nitrogens is 3. The van der Waals surface area contributed by atoms with Gasteiger partial charge in [0, 0.05) is 10.9 Å². The lowest BCUT2D eigenvalue weighted by Gasteiger charge is -2.10. The molecule has 0 radical (unpaired) electrons. The first-order chi connectivity index (χ1) is 9.70. The fourth-order valence-electron chi connectivity index (χ4n) is 2.13. The molecule has 2 aromatic rings. The van der Waals surface area contributed by atoms with Crippen LogP contribution in [0.25, 0.3) is 0 Å². The second-order valence-electron chi connectivity index (χ2n) is 4.78. The van der Waals surface area contributed by atoms with Gasteiger partial charge in [0.25, 0.3) is 0 Å². The lowest BCUT2D eigenvalue weighted by molar-refractivity contribution is 0.642. The molecule has 0 atom stereocenters. The molecule has 3 rings (SSSR count). The average molecular weight is 311 g/mol. The van der Waals surface area contributed by atoms with E-state index in [2.05, 4.69) is 10.2 Å². The molecule has 7 heteroatoms. The third kappa shape index (κ3) is 2.63. The number of nitrogens with two attached hydrogens (primary N) is 1. The van der Waals surface area contributed by atoms with Gasteiger partial charge in [0.1, 0.15) is 0 Å². The maximum atomic E-state index is 11.8. The molecule has 1 saturated carbocycles. The molecule has 1 fully saturated rings. The number of nitrogens with one attached hydrogen (secondary N) is 1. The highest BCUT2D eigenvalue weighted by Crippen LogP contribution is 2.40. The van der Waals surface area contributed by atoms with Gasteiger partial charge in [0.2, 0.25) is 0 Å². The van der Waals surface area contributed by atoms with Crippen molar-refractivity contribution in [2.24, 2.45) is 5.73 Å². The Hall–Kier alpha value is -1.24. The van der Waals surface area contributed by atoms with Crippen LogP contribution in [0.4, 0.5) is 0 Å². The van der Waals surface area contributed by atoms with Crippen LogP contribution in [0.2, 0.25) is 5.02 Å². The molecular formula is C13H15ClN4OS. The zero-order valence-electron chi connectivity index (χ0n) is 10.8. The highest BCUT2D eigenvalue weighted by molar-refractivity contribution is 7.99. The predicted molar refractivity (Wildman–Crippen MR) is 79.5 cm³/mol. The van der Waals surface area contributed by atoms with Crippen molar-refractivity contribution in [3.05, 3.63) is 39.3 Å². The van der Waals surface area contributed by atoms with Crippen molar-refractivity contribution in [3.8, 4) is 0 Å². The summed E-state index contributed by atoms with van der Waals surface area (Å²) in [5.74, 6) is 0. The Labute approximate surface area is 125 Å². The number of rotatable bonds is 5. The molecule has 0 spiro atoms. The van der Waals surface area contributed by atoms with Crippen LogP contribution in [0, 0.1) is 0 Å². The lowest BCUT2D eigenvalue weighted by atomic mass is 10.1. The van der Waals surface area contributed by atoms with E-state index in [0.717, 1.165) is 29.7 Å². The Kier molecular flexibility index (Phi) is 3.87. The second kappa shape index (κ2) is 5.63. The number of H-pyrrole nitrogens is 1. The van der Waals surface area contributed by atoms with Gasteiger partial charge >= 0.3 is 5.69 Å². The van der Waals surface area contributed by atoms with E-state index < -0.39 is 0 Å². The van der Waals surface area contributed by atoms with Gasteiger partial charge in [-0.3, -0.25) is 4.57 Å². The van der Waals surface area contributed by atoms with E-state index in [1.165, 1.54) is 11.8 Å². The van der Waals surface area contributed by atoms with Gasteiger partial charge < -0.3 is 5.73 Å². The Morgan fingerprint density at radius 3 is 3.00 bits per heavy atom. The maximum Gasteiger partial charge on any atom is 0.344 e. The summed E-state index contributed by atoms with van der Waals surface area (Å²) < 4.78 is 1.72. The molecule has 5 nitrogen and oxygen atoms in total. The van der Waals surface area contributed by atoms with E-state index >= 15 is 0 Å². The number of halogens is 1. The van der Waals surface area contributed by atoms with E-state index in [0.29, 0.717) is 16.7 Å². The van der Waals surface area contributed by atoms with Crippen LogP contribution in [0.1, 0.15) is 24.4 Å². The summed E-state index contributed by atoms with van der Waals surface area (Å²) >= 11 is 7.71. The monoisotopic (exact) mass is 310 g/mol. The molecule has 20 heavy (non-hydrogen) atoms. The largest absolute Gasteiger partial charge is 0.344 e. The third-order valence-corrected chi connectivity index (χ3v) is 4.82. The zero-order chi connectivity index (χ0) is 14.1. The van der Waals surface area contributed by atoms with Crippen LogP contribution in [0.3, 0.4) is 0 Å². The van der Waals surface area contributed by atoms with Crippen LogP contribution in [0.15, 0.2) is 33.0 Å². The summed E-state index contributed by atoms with van der Waals surface area (Å²) in [6, 6.07) is 6.04. The second-order valence-corrected chi connectivity index (χ2v) is 6.17. The normalized spacial score (nSPS) is 14.7. The first kappa shape index (κ1) is 13.7. The molecule has 0 bridgehead atoms. The first-order valence-electron chi connectivity index (χ1n) is 6.53. The Morgan fingerprint density at radius 2 is 2.30 bits per heavy atom. The van der Waals surface area contributed by atoms with Crippen molar-refractivity contribution in [2.45, 2.75) is 35.4 Å². The maximum absolute atomic E-state index is 11.8. The molecule has 1 heterocycles. The summed E-state index contributed by atoms with van der Waals surface area (Å²) in [4.78, 5) is 12.7. The van der Waals surface area contributed by atoms with Crippen molar-refractivity contribution < 1.29 is 0 Å². The number of nitrogens with zero attached hydrogens (tertiary/aromatic N) is 2. The Morgan fingerprint density at radius 1 is 1.50 bits per heavy atom. The van der Waals surface area contributed by atoms with Gasteiger partial charge in [0.15, 0.2) is 5.16 Å². The molecule has 0 unspecified atom stereocenters. The van der Waals surface area contributed by atoms with Gasteiger partial charge in [-0.05, 0) is 49.2 Å².